The molecular formula is C26H32ClN3O4. The van der Waals surface area contributed by atoms with Crippen LogP contribution in [-0.4, -0.2) is 42.6 Å². The van der Waals surface area contributed by atoms with Crippen LogP contribution in [0.4, 0.5) is 10.5 Å². The van der Waals surface area contributed by atoms with Gasteiger partial charge in [-0.3, -0.25) is 4.79 Å². The number of hydrogen-bond acceptors (Lipinski definition) is 4. The van der Waals surface area contributed by atoms with Crippen LogP contribution in [-0.2, 0) is 10.3 Å². The van der Waals surface area contributed by atoms with Crippen molar-refractivity contribution in [3.8, 4) is 0 Å². The minimum absolute atomic E-state index is 0.0889. The van der Waals surface area contributed by atoms with Gasteiger partial charge in [0.15, 0.2) is 5.76 Å². The van der Waals surface area contributed by atoms with Crippen molar-refractivity contribution in [3.05, 3.63) is 28.5 Å². The summed E-state index contributed by atoms with van der Waals surface area (Å²) in [4.78, 5) is 28.1. The third-order valence-electron chi connectivity index (χ3n) is 8.19. The van der Waals surface area contributed by atoms with Crippen LogP contribution in [0.15, 0.2) is 16.5 Å². The fourth-order valence-electron chi connectivity index (χ4n) is 6.21. The molecule has 2 aromatic rings. The zero-order valence-electron chi connectivity index (χ0n) is 19.5. The molecule has 3 heterocycles. The third-order valence-corrected chi connectivity index (χ3v) is 8.48. The molecule has 1 aromatic heterocycles. The third kappa shape index (κ3) is 3.87. The van der Waals surface area contributed by atoms with Crippen molar-refractivity contribution in [2.45, 2.75) is 75.9 Å². The Morgan fingerprint density at radius 3 is 2.62 bits per heavy atom. The Labute approximate surface area is 204 Å². The first kappa shape index (κ1) is 22.2. The van der Waals surface area contributed by atoms with Gasteiger partial charge >= 0.3 is 6.03 Å². The van der Waals surface area contributed by atoms with Gasteiger partial charge in [-0.05, 0) is 56.6 Å². The number of fused-ring (bicyclic) bond motifs is 4. The molecular weight excluding hydrogens is 454 g/mol. The molecule has 6 rings (SSSR count). The van der Waals surface area contributed by atoms with Crippen molar-refractivity contribution >= 4 is 40.2 Å². The van der Waals surface area contributed by atoms with Crippen LogP contribution in [0.1, 0.15) is 80.3 Å². The lowest BCUT2D eigenvalue weighted by atomic mass is 9.74. The van der Waals surface area contributed by atoms with E-state index in [9.17, 15) is 9.59 Å². The van der Waals surface area contributed by atoms with Crippen LogP contribution in [0, 0.1) is 5.92 Å². The van der Waals surface area contributed by atoms with E-state index in [1.165, 1.54) is 19.3 Å². The number of carbonyl (C=O) groups excluding carboxylic acids is 2. The molecule has 34 heavy (non-hydrogen) atoms. The normalized spacial score (nSPS) is 23.9. The largest absolute Gasteiger partial charge is 0.450 e. The van der Waals surface area contributed by atoms with Gasteiger partial charge in [0.1, 0.15) is 5.58 Å². The summed E-state index contributed by atoms with van der Waals surface area (Å²) in [6.07, 6.45) is 10.6. The molecule has 182 valence electrons. The molecule has 1 atom stereocenters. The molecule has 1 unspecified atom stereocenters. The van der Waals surface area contributed by atoms with Crippen molar-refractivity contribution in [2.75, 3.05) is 25.0 Å². The molecule has 0 radical (unpaired) electrons. The summed E-state index contributed by atoms with van der Waals surface area (Å²) in [5.74, 6) is 0.801. The summed E-state index contributed by atoms with van der Waals surface area (Å²) < 4.78 is 12.2. The molecule has 0 bridgehead atoms. The quantitative estimate of drug-likeness (QED) is 0.560. The second-order valence-electron chi connectivity index (χ2n) is 10.5. The lowest BCUT2D eigenvalue weighted by Gasteiger charge is -2.42. The molecule has 2 N–H and O–H groups in total. The number of urea groups is 1. The Bertz CT molecular complexity index is 1110. The molecule has 1 aromatic carbocycles. The van der Waals surface area contributed by atoms with Gasteiger partial charge in [-0.1, -0.05) is 37.3 Å². The van der Waals surface area contributed by atoms with Crippen molar-refractivity contribution in [1.82, 2.24) is 10.2 Å². The minimum Gasteiger partial charge on any atom is -0.450 e. The Hall–Kier alpha value is -2.25. The lowest BCUT2D eigenvalue weighted by Crippen LogP contribution is -2.52. The maximum atomic E-state index is 13.7. The van der Waals surface area contributed by atoms with Gasteiger partial charge in [0.05, 0.1) is 22.4 Å². The van der Waals surface area contributed by atoms with Gasteiger partial charge < -0.3 is 24.7 Å². The molecule has 1 saturated heterocycles. The Kier molecular flexibility index (Phi) is 5.72. The highest BCUT2D eigenvalue weighted by molar-refractivity contribution is 6.35. The fourth-order valence-corrected chi connectivity index (χ4v) is 6.47. The number of anilines is 1. The van der Waals surface area contributed by atoms with Gasteiger partial charge in [-0.25, -0.2) is 4.79 Å². The second-order valence-corrected chi connectivity index (χ2v) is 10.9. The highest BCUT2D eigenvalue weighted by atomic mass is 35.5. The number of hydrogen-bond donors (Lipinski definition) is 2. The van der Waals surface area contributed by atoms with Crippen LogP contribution >= 0.6 is 11.6 Å². The zero-order chi connectivity index (χ0) is 23.3. The van der Waals surface area contributed by atoms with Crippen LogP contribution < -0.4 is 10.6 Å². The van der Waals surface area contributed by atoms with E-state index in [0.717, 1.165) is 69.0 Å². The summed E-state index contributed by atoms with van der Waals surface area (Å²) >= 11 is 6.65. The van der Waals surface area contributed by atoms with E-state index in [1.807, 2.05) is 11.0 Å². The number of nitrogens with zero attached hydrogens (tertiary/aromatic N) is 1. The number of amides is 3. The molecule has 2 saturated carbocycles. The number of furan rings is 1. The number of rotatable bonds is 5. The summed E-state index contributed by atoms with van der Waals surface area (Å²) in [5.41, 5.74) is 1.63. The predicted octanol–water partition coefficient (Wildman–Crippen LogP) is 5.80. The first-order chi connectivity index (χ1) is 16.5. The van der Waals surface area contributed by atoms with Crippen LogP contribution in [0.5, 0.6) is 0 Å². The maximum Gasteiger partial charge on any atom is 0.319 e. The number of nitrogens with one attached hydrogen (secondary N) is 2. The van der Waals surface area contributed by atoms with Crippen LogP contribution in [0.25, 0.3) is 11.0 Å². The summed E-state index contributed by atoms with van der Waals surface area (Å²) in [5, 5.41) is 7.35. The number of carbonyl (C=O) groups is 2. The van der Waals surface area contributed by atoms with Crippen molar-refractivity contribution in [3.63, 3.8) is 0 Å². The van der Waals surface area contributed by atoms with Crippen LogP contribution in [0.2, 0.25) is 5.02 Å². The van der Waals surface area contributed by atoms with E-state index in [1.54, 1.807) is 6.07 Å². The predicted molar refractivity (Wildman–Crippen MR) is 130 cm³/mol. The lowest BCUT2D eigenvalue weighted by molar-refractivity contribution is 0.0427. The number of benzene rings is 1. The highest BCUT2D eigenvalue weighted by Gasteiger charge is 2.44. The molecule has 3 fully saturated rings. The Morgan fingerprint density at radius 2 is 1.91 bits per heavy atom. The molecule has 7 nitrogen and oxygen atoms in total. The average molecular weight is 486 g/mol. The monoisotopic (exact) mass is 485 g/mol. The summed E-state index contributed by atoms with van der Waals surface area (Å²) in [7, 11) is 0. The fraction of sp³-hybridized carbons (Fsp3) is 0.615. The molecule has 4 aliphatic rings. The Morgan fingerprint density at radius 1 is 1.09 bits per heavy atom. The summed E-state index contributed by atoms with van der Waals surface area (Å²) in [6.45, 7) is 2.12. The van der Waals surface area contributed by atoms with E-state index in [4.69, 9.17) is 20.8 Å². The first-order valence-corrected chi connectivity index (χ1v) is 13.2. The number of halogens is 1. The highest BCUT2D eigenvalue weighted by Crippen LogP contribution is 2.49. The van der Waals surface area contributed by atoms with Gasteiger partial charge in [0, 0.05) is 30.6 Å². The SMILES string of the molecule is O=C1Nc2c(Cl)cc3cc(C(=O)N(CC4CCC4)CC4CCCO4)oc3c2C2(CCCCC2)N1. The maximum absolute atomic E-state index is 13.7. The zero-order valence-corrected chi connectivity index (χ0v) is 20.2. The van der Waals surface area contributed by atoms with Gasteiger partial charge in [0.25, 0.3) is 5.91 Å². The molecule has 2 aliphatic carbocycles. The smallest absolute Gasteiger partial charge is 0.319 e. The molecule has 8 heteroatoms. The second kappa shape index (κ2) is 8.76. The van der Waals surface area contributed by atoms with E-state index in [-0.39, 0.29) is 18.0 Å². The minimum atomic E-state index is -0.513. The topological polar surface area (TPSA) is 83.8 Å². The molecule has 1 spiro atoms. The first-order valence-electron chi connectivity index (χ1n) is 12.8. The van der Waals surface area contributed by atoms with Gasteiger partial charge in [-0.2, -0.15) is 0 Å². The van der Waals surface area contributed by atoms with E-state index < -0.39 is 5.54 Å². The molecule has 3 amide bonds. The van der Waals surface area contributed by atoms with E-state index >= 15 is 0 Å². The molecule has 2 aliphatic heterocycles. The van der Waals surface area contributed by atoms with E-state index in [2.05, 4.69) is 10.6 Å². The van der Waals surface area contributed by atoms with Gasteiger partial charge in [-0.15, -0.1) is 0 Å². The van der Waals surface area contributed by atoms with Crippen molar-refractivity contribution in [2.24, 2.45) is 5.92 Å². The van der Waals surface area contributed by atoms with E-state index in [0.29, 0.717) is 34.5 Å². The van der Waals surface area contributed by atoms with Crippen molar-refractivity contribution < 1.29 is 18.7 Å². The van der Waals surface area contributed by atoms with Gasteiger partial charge in [0.2, 0.25) is 0 Å². The van der Waals surface area contributed by atoms with Crippen LogP contribution in [0.3, 0.4) is 0 Å². The summed E-state index contributed by atoms with van der Waals surface area (Å²) in [6, 6.07) is 3.39. The van der Waals surface area contributed by atoms with Crippen molar-refractivity contribution in [1.29, 1.82) is 0 Å². The average Bonchev–Trinajstić information content (AvgIpc) is 3.45. The Balaban J connectivity index is 1.39. The number of ether oxygens (including phenoxy) is 1. The standard InChI is InChI=1S/C26H32ClN3O4/c27-19-12-17-13-20(24(31)30(14-16-6-4-7-16)15-18-8-5-11-33-18)34-23(17)21-22(19)28-25(32)29-26(21)9-2-1-3-10-26/h12-13,16,18H,1-11,14-15H2,(H2,28,29,32).